The number of rotatable bonds is 1. The molecule has 1 heterocycles. The fraction of sp³-hybridized carbons (Fsp3) is 1.00. The molecule has 0 radical (unpaired) electrons. The van der Waals surface area contributed by atoms with Gasteiger partial charge in [0.25, 0.3) is 0 Å². The molecule has 1 aliphatic rings. The average Bonchev–Trinajstić information content (AvgIpc) is 1.57. The van der Waals surface area contributed by atoms with Crippen molar-refractivity contribution >= 4 is 12.4 Å². The van der Waals surface area contributed by atoms with Crippen molar-refractivity contribution in [3.8, 4) is 0 Å². The molecular formula is C6H14ClNO. The molecule has 0 bridgehead atoms. The minimum absolute atomic E-state index is 0. The Balaban J connectivity index is 0.000000640. The summed E-state index contributed by atoms with van der Waals surface area (Å²) in [4.78, 5) is 2.24. The lowest BCUT2D eigenvalue weighted by Gasteiger charge is -2.38. The summed E-state index contributed by atoms with van der Waals surface area (Å²) in [5, 5.41) is 8.83. The van der Waals surface area contributed by atoms with E-state index in [1.807, 2.05) is 0 Å². The van der Waals surface area contributed by atoms with Crippen LogP contribution in [0.1, 0.15) is 13.8 Å². The molecule has 0 atom stereocenters. The molecule has 9 heavy (non-hydrogen) atoms. The van der Waals surface area contributed by atoms with Crippen LogP contribution in [0, 0.1) is 0 Å². The lowest BCUT2D eigenvalue weighted by atomic mass is 10.1. The Kier molecular flexibility index (Phi) is 3.48. The molecule has 1 fully saturated rings. The van der Waals surface area contributed by atoms with Gasteiger partial charge in [-0.2, -0.15) is 0 Å². The molecule has 1 rings (SSSR count). The van der Waals surface area contributed by atoms with Crippen LogP contribution < -0.4 is 0 Å². The second-order valence-electron chi connectivity index (χ2n) is 2.70. The van der Waals surface area contributed by atoms with Gasteiger partial charge in [-0.3, -0.25) is 4.90 Å². The number of halogens is 1. The zero-order valence-corrected chi connectivity index (χ0v) is 6.69. The third kappa shape index (κ3) is 2.12. The first-order valence-corrected chi connectivity index (χ1v) is 3.12. The summed E-state index contributed by atoms with van der Waals surface area (Å²) < 4.78 is 0. The first-order valence-electron chi connectivity index (χ1n) is 3.12. The van der Waals surface area contributed by atoms with Gasteiger partial charge in [0, 0.05) is 19.1 Å². The van der Waals surface area contributed by atoms with Crippen molar-refractivity contribution in [3.05, 3.63) is 0 Å². The molecule has 0 aliphatic carbocycles. The Morgan fingerprint density at radius 1 is 1.44 bits per heavy atom. The molecule has 1 aliphatic heterocycles. The monoisotopic (exact) mass is 151 g/mol. The molecule has 0 aromatic rings. The Hall–Kier alpha value is 0.210. The van der Waals surface area contributed by atoms with Gasteiger partial charge in [0.15, 0.2) is 0 Å². The molecule has 0 aromatic heterocycles. The van der Waals surface area contributed by atoms with Crippen LogP contribution in [0.4, 0.5) is 0 Å². The summed E-state index contributed by atoms with van der Waals surface area (Å²) in [5.74, 6) is 0. The maximum Gasteiger partial charge on any atom is 0.0794 e. The molecule has 0 aromatic carbocycles. The minimum atomic E-state index is -0.0441. The summed E-state index contributed by atoms with van der Waals surface area (Å²) >= 11 is 0. The lowest BCUT2D eigenvalue weighted by molar-refractivity contribution is -0.0161. The van der Waals surface area contributed by atoms with Crippen LogP contribution in [0.15, 0.2) is 0 Å². The molecule has 0 saturated carbocycles. The fourth-order valence-corrected chi connectivity index (χ4v) is 0.910. The van der Waals surface area contributed by atoms with Crippen molar-refractivity contribution in [2.24, 2.45) is 0 Å². The molecule has 1 saturated heterocycles. The van der Waals surface area contributed by atoms with E-state index in [-0.39, 0.29) is 18.5 Å². The first kappa shape index (κ1) is 9.21. The number of aliphatic hydroxyl groups is 1. The molecule has 3 heteroatoms. The molecule has 56 valence electrons. The SMILES string of the molecule is CC(C)N1CC(O)C1.Cl. The summed E-state index contributed by atoms with van der Waals surface area (Å²) in [6.45, 7) is 6.03. The van der Waals surface area contributed by atoms with Gasteiger partial charge >= 0.3 is 0 Å². The van der Waals surface area contributed by atoms with Crippen LogP contribution in [0.2, 0.25) is 0 Å². The molecular weight excluding hydrogens is 138 g/mol. The summed E-state index contributed by atoms with van der Waals surface area (Å²) in [7, 11) is 0. The topological polar surface area (TPSA) is 23.5 Å². The average molecular weight is 152 g/mol. The van der Waals surface area contributed by atoms with E-state index >= 15 is 0 Å². The van der Waals surface area contributed by atoms with Gasteiger partial charge in [-0.15, -0.1) is 12.4 Å². The van der Waals surface area contributed by atoms with Gasteiger partial charge in [-0.1, -0.05) is 0 Å². The highest BCUT2D eigenvalue weighted by Crippen LogP contribution is 2.10. The summed E-state index contributed by atoms with van der Waals surface area (Å²) in [5.41, 5.74) is 0. The van der Waals surface area contributed by atoms with Crippen LogP contribution in [0.3, 0.4) is 0 Å². The Bertz CT molecular complexity index is 81.1. The van der Waals surface area contributed by atoms with Crippen molar-refractivity contribution in [3.63, 3.8) is 0 Å². The van der Waals surface area contributed by atoms with Crippen molar-refractivity contribution in [1.29, 1.82) is 0 Å². The van der Waals surface area contributed by atoms with Gasteiger partial charge in [-0.05, 0) is 13.8 Å². The largest absolute Gasteiger partial charge is 0.390 e. The molecule has 1 N–H and O–H groups in total. The van der Waals surface area contributed by atoms with Crippen molar-refractivity contribution in [2.45, 2.75) is 26.0 Å². The lowest BCUT2D eigenvalue weighted by Crippen LogP contribution is -2.53. The van der Waals surface area contributed by atoms with Crippen molar-refractivity contribution in [1.82, 2.24) is 4.90 Å². The van der Waals surface area contributed by atoms with Crippen LogP contribution in [0.25, 0.3) is 0 Å². The Morgan fingerprint density at radius 3 is 2.00 bits per heavy atom. The highest BCUT2D eigenvalue weighted by molar-refractivity contribution is 5.85. The van der Waals surface area contributed by atoms with E-state index in [9.17, 15) is 0 Å². The normalized spacial score (nSPS) is 21.3. The Labute approximate surface area is 62.3 Å². The number of hydrogen-bond donors (Lipinski definition) is 1. The highest BCUT2D eigenvalue weighted by Gasteiger charge is 2.25. The standard InChI is InChI=1S/C6H13NO.ClH/c1-5(2)7-3-6(8)4-7;/h5-6,8H,3-4H2,1-2H3;1H. The summed E-state index contributed by atoms with van der Waals surface area (Å²) in [6, 6.07) is 0.610. The van der Waals surface area contributed by atoms with Gasteiger partial charge in [0.05, 0.1) is 6.10 Å². The third-order valence-corrected chi connectivity index (χ3v) is 1.62. The van der Waals surface area contributed by atoms with Gasteiger partial charge in [0.2, 0.25) is 0 Å². The summed E-state index contributed by atoms with van der Waals surface area (Å²) in [6.07, 6.45) is -0.0441. The van der Waals surface area contributed by atoms with Crippen LogP contribution in [-0.2, 0) is 0 Å². The molecule has 0 amide bonds. The quantitative estimate of drug-likeness (QED) is 0.590. The third-order valence-electron chi connectivity index (χ3n) is 1.62. The number of hydrogen-bond acceptors (Lipinski definition) is 2. The second-order valence-corrected chi connectivity index (χ2v) is 2.70. The van der Waals surface area contributed by atoms with E-state index in [1.165, 1.54) is 0 Å². The van der Waals surface area contributed by atoms with E-state index in [1.54, 1.807) is 0 Å². The maximum absolute atomic E-state index is 8.83. The molecule has 2 nitrogen and oxygen atoms in total. The van der Waals surface area contributed by atoms with Gasteiger partial charge in [0.1, 0.15) is 0 Å². The molecule has 0 spiro atoms. The Morgan fingerprint density at radius 2 is 1.89 bits per heavy atom. The van der Waals surface area contributed by atoms with Crippen LogP contribution in [-0.4, -0.2) is 35.2 Å². The second kappa shape index (κ2) is 3.40. The number of β-amino-alcohol motifs (C(OH)–C–C–N with tert-alkyl or cyclic N) is 1. The fourth-order valence-electron chi connectivity index (χ4n) is 0.910. The smallest absolute Gasteiger partial charge is 0.0794 e. The van der Waals surface area contributed by atoms with E-state index in [0.29, 0.717) is 6.04 Å². The number of nitrogens with zero attached hydrogens (tertiary/aromatic N) is 1. The molecule has 0 unspecified atom stereocenters. The van der Waals surface area contributed by atoms with Gasteiger partial charge in [-0.25, -0.2) is 0 Å². The zero-order valence-electron chi connectivity index (χ0n) is 5.87. The minimum Gasteiger partial charge on any atom is -0.390 e. The number of aliphatic hydroxyl groups excluding tert-OH is 1. The van der Waals surface area contributed by atoms with E-state index < -0.39 is 0 Å². The van der Waals surface area contributed by atoms with E-state index in [0.717, 1.165) is 13.1 Å². The van der Waals surface area contributed by atoms with Gasteiger partial charge < -0.3 is 5.11 Å². The first-order chi connectivity index (χ1) is 3.70. The number of likely N-dealkylation sites (tertiary alicyclic amines) is 1. The van der Waals surface area contributed by atoms with Crippen molar-refractivity contribution in [2.75, 3.05) is 13.1 Å². The van der Waals surface area contributed by atoms with E-state index in [2.05, 4.69) is 18.7 Å². The maximum atomic E-state index is 8.83. The highest BCUT2D eigenvalue weighted by atomic mass is 35.5. The van der Waals surface area contributed by atoms with Crippen LogP contribution >= 0.6 is 12.4 Å². The van der Waals surface area contributed by atoms with Crippen LogP contribution in [0.5, 0.6) is 0 Å². The predicted octanol–water partition coefficient (Wildman–Crippen LogP) is 0.493. The van der Waals surface area contributed by atoms with Crippen molar-refractivity contribution < 1.29 is 5.11 Å². The van der Waals surface area contributed by atoms with E-state index in [4.69, 9.17) is 5.11 Å². The zero-order chi connectivity index (χ0) is 6.15. The predicted molar refractivity (Wildman–Crippen MR) is 40.0 cm³/mol.